The molecule has 0 spiro atoms. The van der Waals surface area contributed by atoms with Crippen LogP contribution in [0.2, 0.25) is 0 Å². The van der Waals surface area contributed by atoms with Crippen molar-refractivity contribution >= 4 is 17.7 Å². The van der Waals surface area contributed by atoms with Crippen molar-refractivity contribution in [2.75, 3.05) is 19.7 Å². The minimum Gasteiger partial charge on any atom is -0.465 e. The molecule has 1 fully saturated rings. The first-order chi connectivity index (χ1) is 14.4. The van der Waals surface area contributed by atoms with E-state index in [1.54, 1.807) is 30.0 Å². The molecule has 0 radical (unpaired) electrons. The number of halogens is 1. The van der Waals surface area contributed by atoms with Crippen molar-refractivity contribution in [1.29, 1.82) is 5.26 Å². The van der Waals surface area contributed by atoms with Crippen molar-refractivity contribution in [3.63, 3.8) is 0 Å². The Morgan fingerprint density at radius 3 is 2.37 bits per heavy atom. The van der Waals surface area contributed by atoms with Crippen LogP contribution < -0.4 is 0 Å². The Balaban J connectivity index is 1.85. The van der Waals surface area contributed by atoms with Gasteiger partial charge in [-0.2, -0.15) is 5.26 Å². The molecule has 0 unspecified atom stereocenters. The number of ketones is 1. The van der Waals surface area contributed by atoms with Crippen molar-refractivity contribution in [2.24, 2.45) is 5.41 Å². The average Bonchev–Trinajstić information content (AvgIpc) is 2.79. The summed E-state index contributed by atoms with van der Waals surface area (Å²) >= 11 is 0. The van der Waals surface area contributed by atoms with Crippen molar-refractivity contribution in [3.8, 4) is 6.07 Å². The third-order valence-corrected chi connectivity index (χ3v) is 5.35. The summed E-state index contributed by atoms with van der Waals surface area (Å²) in [5.74, 6) is -1.75. The number of Topliss-reactive ketones (excluding diaryl/α,β-unsaturated/α-hetero) is 1. The van der Waals surface area contributed by atoms with E-state index in [1.807, 2.05) is 6.07 Å². The van der Waals surface area contributed by atoms with Crippen molar-refractivity contribution in [3.05, 3.63) is 71.0 Å². The van der Waals surface area contributed by atoms with Gasteiger partial charge in [0.2, 0.25) is 0 Å². The van der Waals surface area contributed by atoms with Crippen LogP contribution in [0.25, 0.3) is 0 Å². The largest absolute Gasteiger partial charge is 0.465 e. The molecule has 7 heteroatoms. The van der Waals surface area contributed by atoms with Crippen LogP contribution in [-0.4, -0.2) is 42.3 Å². The molecule has 3 rings (SSSR count). The Kier molecular flexibility index (Phi) is 6.26. The van der Waals surface area contributed by atoms with Gasteiger partial charge in [-0.1, -0.05) is 12.1 Å². The molecule has 2 aromatic carbocycles. The van der Waals surface area contributed by atoms with Crippen molar-refractivity contribution in [2.45, 2.75) is 19.8 Å². The van der Waals surface area contributed by atoms with Crippen molar-refractivity contribution < 1.29 is 23.5 Å². The van der Waals surface area contributed by atoms with Crippen LogP contribution in [0.4, 0.5) is 4.39 Å². The summed E-state index contributed by atoms with van der Waals surface area (Å²) in [7, 11) is 0. The molecule has 0 N–H and O–H groups in total. The number of carbonyl (C=O) groups is 3. The van der Waals surface area contributed by atoms with Gasteiger partial charge in [0.25, 0.3) is 5.91 Å². The van der Waals surface area contributed by atoms with Gasteiger partial charge in [-0.15, -0.1) is 0 Å². The van der Waals surface area contributed by atoms with Gasteiger partial charge in [0.15, 0.2) is 5.78 Å². The van der Waals surface area contributed by atoms with Crippen LogP contribution in [0.5, 0.6) is 0 Å². The summed E-state index contributed by atoms with van der Waals surface area (Å²) in [5, 5.41) is 9.11. The number of amides is 1. The topological polar surface area (TPSA) is 87.5 Å². The quantitative estimate of drug-likeness (QED) is 0.430. The van der Waals surface area contributed by atoms with Crippen LogP contribution in [-0.2, 0) is 9.53 Å². The number of nitriles is 1. The molecule has 1 saturated heterocycles. The van der Waals surface area contributed by atoms with E-state index in [-0.39, 0.29) is 44.0 Å². The van der Waals surface area contributed by atoms with Gasteiger partial charge < -0.3 is 9.64 Å². The molecule has 1 heterocycles. The highest BCUT2D eigenvalue weighted by Gasteiger charge is 2.50. The fraction of sp³-hybridized carbons (Fsp3) is 0.304. The number of nitrogens with zero attached hydrogens (tertiary/aromatic N) is 2. The van der Waals surface area contributed by atoms with Gasteiger partial charge in [0, 0.05) is 24.2 Å². The predicted octanol–water partition coefficient (Wildman–Crippen LogP) is 3.37. The molecule has 2 aromatic rings. The second kappa shape index (κ2) is 8.87. The fourth-order valence-corrected chi connectivity index (χ4v) is 3.67. The molecule has 0 bridgehead atoms. The second-order valence-corrected chi connectivity index (χ2v) is 7.12. The second-order valence-electron chi connectivity index (χ2n) is 7.12. The zero-order chi connectivity index (χ0) is 21.7. The van der Waals surface area contributed by atoms with E-state index in [9.17, 15) is 18.8 Å². The van der Waals surface area contributed by atoms with Crippen LogP contribution in [0.15, 0.2) is 48.5 Å². The highest BCUT2D eigenvalue weighted by atomic mass is 19.1. The summed E-state index contributed by atoms with van der Waals surface area (Å²) < 4.78 is 18.3. The Hall–Kier alpha value is -3.53. The first-order valence-corrected chi connectivity index (χ1v) is 9.68. The standard InChI is InChI=1S/C23H21FN2O4/c1-2-30-22(29)23(20(27)18-5-3-4-16(14-18)15-25)10-12-26(13-11-23)21(28)17-6-8-19(24)9-7-17/h3-9,14H,2,10-13H2,1H3. The van der Waals surface area contributed by atoms with E-state index >= 15 is 0 Å². The number of likely N-dealkylation sites (tertiary alicyclic amines) is 1. The zero-order valence-corrected chi connectivity index (χ0v) is 16.6. The number of esters is 1. The maximum Gasteiger partial charge on any atom is 0.320 e. The van der Waals surface area contributed by atoms with Crippen molar-refractivity contribution in [1.82, 2.24) is 4.90 Å². The zero-order valence-electron chi connectivity index (χ0n) is 16.6. The molecular weight excluding hydrogens is 387 g/mol. The number of benzene rings is 2. The summed E-state index contributed by atoms with van der Waals surface area (Å²) in [5.41, 5.74) is -0.485. The van der Waals surface area contributed by atoms with E-state index in [4.69, 9.17) is 10.00 Å². The van der Waals surface area contributed by atoms with Crippen LogP contribution in [0.1, 0.15) is 46.0 Å². The molecule has 1 aliphatic heterocycles. The molecule has 0 atom stereocenters. The highest BCUT2D eigenvalue weighted by molar-refractivity contribution is 6.13. The molecule has 1 aliphatic rings. The Morgan fingerprint density at radius 1 is 1.10 bits per heavy atom. The summed E-state index contributed by atoms with van der Waals surface area (Å²) in [6.07, 6.45) is 0.211. The monoisotopic (exact) mass is 408 g/mol. The fourth-order valence-electron chi connectivity index (χ4n) is 3.67. The Morgan fingerprint density at radius 2 is 1.77 bits per heavy atom. The summed E-state index contributed by atoms with van der Waals surface area (Å²) in [6.45, 7) is 2.15. The van der Waals surface area contributed by atoms with E-state index < -0.39 is 23.0 Å². The maximum absolute atomic E-state index is 13.3. The number of piperidine rings is 1. The number of hydrogen-bond acceptors (Lipinski definition) is 5. The van der Waals surface area contributed by atoms with Gasteiger partial charge in [0.1, 0.15) is 11.2 Å². The first kappa shape index (κ1) is 21.2. The third-order valence-electron chi connectivity index (χ3n) is 5.35. The molecule has 1 amide bonds. The minimum atomic E-state index is -1.41. The van der Waals surface area contributed by atoms with Gasteiger partial charge >= 0.3 is 5.97 Å². The minimum absolute atomic E-state index is 0.106. The van der Waals surface area contributed by atoms with Gasteiger partial charge in [-0.05, 0) is 56.2 Å². The smallest absolute Gasteiger partial charge is 0.320 e. The van der Waals surface area contributed by atoms with Gasteiger partial charge in [0.05, 0.1) is 18.2 Å². The molecular formula is C23H21FN2O4. The Labute approximate surface area is 173 Å². The van der Waals surface area contributed by atoms with E-state index in [0.29, 0.717) is 11.1 Å². The molecule has 0 aromatic heterocycles. The number of ether oxygens (including phenoxy) is 1. The molecule has 154 valence electrons. The first-order valence-electron chi connectivity index (χ1n) is 9.68. The lowest BCUT2D eigenvalue weighted by atomic mass is 9.72. The lowest BCUT2D eigenvalue weighted by Crippen LogP contribution is -2.51. The number of hydrogen-bond donors (Lipinski definition) is 0. The average molecular weight is 408 g/mol. The SMILES string of the molecule is CCOC(=O)C1(C(=O)c2cccc(C#N)c2)CCN(C(=O)c2ccc(F)cc2)CC1. The molecule has 0 saturated carbocycles. The van der Waals surface area contributed by atoms with E-state index in [0.717, 1.165) is 0 Å². The van der Waals surface area contributed by atoms with Gasteiger partial charge in [-0.3, -0.25) is 14.4 Å². The van der Waals surface area contributed by atoms with Gasteiger partial charge in [-0.25, -0.2) is 4.39 Å². The van der Waals surface area contributed by atoms with E-state index in [2.05, 4.69) is 0 Å². The van der Waals surface area contributed by atoms with E-state index in [1.165, 1.54) is 30.3 Å². The molecule has 6 nitrogen and oxygen atoms in total. The lowest BCUT2D eigenvalue weighted by molar-refractivity contribution is -0.154. The summed E-state index contributed by atoms with van der Waals surface area (Å²) in [6, 6.07) is 13.4. The highest BCUT2D eigenvalue weighted by Crippen LogP contribution is 2.37. The number of rotatable bonds is 5. The predicted molar refractivity (Wildman–Crippen MR) is 106 cm³/mol. The van der Waals surface area contributed by atoms with Crippen LogP contribution in [0.3, 0.4) is 0 Å². The Bertz CT molecular complexity index is 1000. The molecule has 0 aliphatic carbocycles. The summed E-state index contributed by atoms with van der Waals surface area (Å²) in [4.78, 5) is 40.4. The maximum atomic E-state index is 13.3. The lowest BCUT2D eigenvalue weighted by Gasteiger charge is -2.38. The molecule has 30 heavy (non-hydrogen) atoms. The number of carbonyl (C=O) groups excluding carboxylic acids is 3. The third kappa shape index (κ3) is 4.08. The van der Waals surface area contributed by atoms with Crippen LogP contribution in [0, 0.1) is 22.6 Å². The normalized spacial score (nSPS) is 15.2. The van der Waals surface area contributed by atoms with Crippen LogP contribution >= 0.6 is 0 Å².